The number of imidazole rings is 1. The van der Waals surface area contributed by atoms with Gasteiger partial charge < -0.3 is 4.57 Å². The van der Waals surface area contributed by atoms with Crippen LogP contribution in [-0.4, -0.2) is 25.2 Å². The van der Waals surface area contributed by atoms with Crippen molar-refractivity contribution in [3.05, 3.63) is 11.5 Å². The molecule has 0 bridgehead atoms. The van der Waals surface area contributed by atoms with Gasteiger partial charge in [-0.1, -0.05) is 6.92 Å². The summed E-state index contributed by atoms with van der Waals surface area (Å²) in [5.74, 6) is 3.51. The molecule has 2 aromatic heterocycles. The van der Waals surface area contributed by atoms with Crippen molar-refractivity contribution < 1.29 is 0 Å². The predicted molar refractivity (Wildman–Crippen MR) is 84.8 cm³/mol. The maximum Gasteiger partial charge on any atom is 0.158 e. The van der Waals surface area contributed by atoms with Crippen LogP contribution in [0.5, 0.6) is 0 Å². The molecule has 4 nitrogen and oxygen atoms in total. The topological polar surface area (TPSA) is 35.6 Å². The first kappa shape index (κ1) is 13.6. The lowest BCUT2D eigenvalue weighted by Gasteiger charge is -2.21. The molecule has 0 aromatic carbocycles. The van der Waals surface area contributed by atoms with Crippen molar-refractivity contribution in [1.29, 1.82) is 0 Å². The molecular formula is C16H23ClN4. The summed E-state index contributed by atoms with van der Waals surface area (Å²) in [5, 5.41) is 4.67. The van der Waals surface area contributed by atoms with Crippen molar-refractivity contribution in [3.63, 3.8) is 0 Å². The number of hydrogen-bond donors (Lipinski definition) is 0. The fraction of sp³-hybridized carbons (Fsp3) is 0.750. The van der Waals surface area contributed by atoms with Gasteiger partial charge in [0, 0.05) is 25.4 Å². The molecule has 0 aliphatic heterocycles. The second-order valence-electron chi connectivity index (χ2n) is 6.60. The molecule has 2 aliphatic carbocycles. The van der Waals surface area contributed by atoms with Crippen LogP contribution in [0.1, 0.15) is 50.2 Å². The van der Waals surface area contributed by atoms with E-state index in [1.807, 2.05) is 4.68 Å². The number of hydrogen-bond acceptors (Lipinski definition) is 2. The Labute approximate surface area is 130 Å². The Balaban J connectivity index is 1.90. The zero-order valence-corrected chi connectivity index (χ0v) is 13.6. The molecule has 0 atom stereocenters. The highest BCUT2D eigenvalue weighted by Gasteiger charge is 2.44. The molecule has 0 N–H and O–H groups in total. The molecule has 2 fully saturated rings. The number of halogens is 1. The second kappa shape index (κ2) is 5.01. The number of aryl methyl sites for hydroxylation is 3. The highest BCUT2D eigenvalue weighted by Crippen LogP contribution is 2.53. The molecule has 4 rings (SSSR count). The van der Waals surface area contributed by atoms with E-state index in [1.165, 1.54) is 37.2 Å². The summed E-state index contributed by atoms with van der Waals surface area (Å²) < 4.78 is 4.55. The van der Waals surface area contributed by atoms with E-state index in [9.17, 15) is 0 Å². The van der Waals surface area contributed by atoms with Gasteiger partial charge in [-0.2, -0.15) is 5.10 Å². The van der Waals surface area contributed by atoms with E-state index in [2.05, 4.69) is 23.6 Å². The van der Waals surface area contributed by atoms with Crippen LogP contribution >= 0.6 is 11.6 Å². The zero-order chi connectivity index (χ0) is 14.6. The normalized spacial score (nSPS) is 19.0. The van der Waals surface area contributed by atoms with Gasteiger partial charge in [0.1, 0.15) is 11.3 Å². The second-order valence-corrected chi connectivity index (χ2v) is 6.98. The van der Waals surface area contributed by atoms with E-state index in [4.69, 9.17) is 16.6 Å². The molecule has 114 valence electrons. The van der Waals surface area contributed by atoms with Crippen molar-refractivity contribution >= 4 is 22.8 Å². The third-order valence-electron chi connectivity index (χ3n) is 4.97. The Morgan fingerprint density at radius 2 is 1.90 bits per heavy atom. The van der Waals surface area contributed by atoms with E-state index < -0.39 is 0 Å². The summed E-state index contributed by atoms with van der Waals surface area (Å²) in [4.78, 5) is 4.93. The van der Waals surface area contributed by atoms with Crippen LogP contribution in [0.3, 0.4) is 0 Å². The Hall–Kier alpha value is -1.03. The Bertz CT molecular complexity index is 651. The van der Waals surface area contributed by atoms with Crippen LogP contribution in [0.2, 0.25) is 0 Å². The predicted octanol–water partition coefficient (Wildman–Crippen LogP) is 3.47. The number of fused-ring (bicyclic) bond motifs is 1. The third-order valence-corrected chi connectivity index (χ3v) is 5.16. The SMILES string of the molecule is CCc1nn(C)c2c1nc(CCCl)n2C(C1CC1)C1CC1. The quantitative estimate of drug-likeness (QED) is 0.766. The van der Waals surface area contributed by atoms with E-state index in [-0.39, 0.29) is 0 Å². The number of aromatic nitrogens is 4. The smallest absolute Gasteiger partial charge is 0.158 e. The van der Waals surface area contributed by atoms with Gasteiger partial charge in [-0.25, -0.2) is 4.98 Å². The van der Waals surface area contributed by atoms with Crippen LogP contribution in [-0.2, 0) is 19.9 Å². The van der Waals surface area contributed by atoms with Gasteiger partial charge in [0.25, 0.3) is 0 Å². The van der Waals surface area contributed by atoms with E-state index in [0.717, 1.165) is 35.9 Å². The van der Waals surface area contributed by atoms with Crippen molar-refractivity contribution in [1.82, 2.24) is 19.3 Å². The summed E-state index contributed by atoms with van der Waals surface area (Å²) in [6.45, 7) is 2.15. The molecule has 0 unspecified atom stereocenters. The molecule has 0 radical (unpaired) electrons. The van der Waals surface area contributed by atoms with Crippen LogP contribution in [0.15, 0.2) is 0 Å². The van der Waals surface area contributed by atoms with Crippen molar-refractivity contribution in [3.8, 4) is 0 Å². The highest BCUT2D eigenvalue weighted by atomic mass is 35.5. The van der Waals surface area contributed by atoms with Crippen molar-refractivity contribution in [2.75, 3.05) is 5.88 Å². The van der Waals surface area contributed by atoms with Crippen LogP contribution < -0.4 is 0 Å². The van der Waals surface area contributed by atoms with E-state index in [1.54, 1.807) is 0 Å². The first-order valence-corrected chi connectivity index (χ1v) is 8.76. The van der Waals surface area contributed by atoms with Gasteiger partial charge in [0.05, 0.1) is 5.69 Å². The van der Waals surface area contributed by atoms with Gasteiger partial charge in [-0.3, -0.25) is 4.68 Å². The molecule has 2 heterocycles. The molecule has 0 saturated heterocycles. The molecule has 2 aromatic rings. The lowest BCUT2D eigenvalue weighted by atomic mass is 10.1. The summed E-state index contributed by atoms with van der Waals surface area (Å²) in [7, 11) is 2.06. The van der Waals surface area contributed by atoms with E-state index >= 15 is 0 Å². The van der Waals surface area contributed by atoms with E-state index in [0.29, 0.717) is 11.9 Å². The summed E-state index contributed by atoms with van der Waals surface area (Å²) in [6, 6.07) is 0.633. The molecular weight excluding hydrogens is 284 g/mol. The monoisotopic (exact) mass is 306 g/mol. The highest BCUT2D eigenvalue weighted by molar-refractivity contribution is 6.17. The lowest BCUT2D eigenvalue weighted by molar-refractivity contribution is 0.388. The minimum Gasteiger partial charge on any atom is -0.309 e. The summed E-state index contributed by atoms with van der Waals surface area (Å²) in [5.41, 5.74) is 3.44. The summed E-state index contributed by atoms with van der Waals surface area (Å²) in [6.07, 6.45) is 7.29. The van der Waals surface area contributed by atoms with Crippen molar-refractivity contribution in [2.45, 2.75) is 51.5 Å². The number of alkyl halides is 1. The summed E-state index contributed by atoms with van der Waals surface area (Å²) >= 11 is 6.04. The van der Waals surface area contributed by atoms with Crippen LogP contribution in [0.4, 0.5) is 0 Å². The van der Waals surface area contributed by atoms with Gasteiger partial charge in [-0.05, 0) is 43.9 Å². The fourth-order valence-electron chi connectivity index (χ4n) is 3.74. The maximum absolute atomic E-state index is 6.04. The lowest BCUT2D eigenvalue weighted by Crippen LogP contribution is -2.18. The van der Waals surface area contributed by atoms with Gasteiger partial charge in [0.15, 0.2) is 5.65 Å². The number of rotatable bonds is 6. The minimum atomic E-state index is 0.633. The first-order valence-electron chi connectivity index (χ1n) is 8.23. The number of nitrogens with zero attached hydrogens (tertiary/aromatic N) is 4. The first-order chi connectivity index (χ1) is 10.2. The van der Waals surface area contributed by atoms with Crippen molar-refractivity contribution in [2.24, 2.45) is 18.9 Å². The standard InChI is InChI=1S/C16H23ClN4/c1-3-12-14-16(20(2)19-12)21(13(18-14)8-9-17)15(10-4-5-10)11-6-7-11/h10-11,15H,3-9H2,1-2H3. The Morgan fingerprint density at radius 1 is 1.24 bits per heavy atom. The molecule has 21 heavy (non-hydrogen) atoms. The fourth-order valence-corrected chi connectivity index (χ4v) is 3.91. The average Bonchev–Trinajstić information content (AvgIpc) is 3.37. The molecule has 0 amide bonds. The van der Waals surface area contributed by atoms with Crippen LogP contribution in [0, 0.1) is 11.8 Å². The average molecular weight is 307 g/mol. The van der Waals surface area contributed by atoms with Gasteiger partial charge in [0.2, 0.25) is 0 Å². The molecule has 0 spiro atoms. The molecule has 5 heteroatoms. The minimum absolute atomic E-state index is 0.633. The largest absolute Gasteiger partial charge is 0.309 e. The molecule has 2 aliphatic rings. The zero-order valence-electron chi connectivity index (χ0n) is 12.8. The third kappa shape index (κ3) is 2.19. The molecule has 2 saturated carbocycles. The maximum atomic E-state index is 6.04. The van der Waals surface area contributed by atoms with Gasteiger partial charge >= 0.3 is 0 Å². The Kier molecular flexibility index (Phi) is 3.25. The van der Waals surface area contributed by atoms with Gasteiger partial charge in [-0.15, -0.1) is 11.6 Å². The van der Waals surface area contributed by atoms with Crippen LogP contribution in [0.25, 0.3) is 11.2 Å². The Morgan fingerprint density at radius 3 is 2.43 bits per heavy atom.